The van der Waals surface area contributed by atoms with Crippen LogP contribution in [0.5, 0.6) is 5.75 Å². The molecule has 4 atom stereocenters. The average molecular weight is 509 g/mol. The molecular formula is C25H32F4N6O. The van der Waals surface area contributed by atoms with Crippen molar-refractivity contribution in [2.45, 2.75) is 50.6 Å². The van der Waals surface area contributed by atoms with Gasteiger partial charge in [0.25, 0.3) is 0 Å². The average Bonchev–Trinajstić information content (AvgIpc) is 3.68. The SMILES string of the molecule is Nc1ncc(-c2cn(C3[C@H]4CC(N5CCN(CCF)CC5)C[C@@H]34)c(CC3CC3)n2)cc1OC(F)(F)F. The van der Waals surface area contributed by atoms with E-state index in [1.165, 1.54) is 25.1 Å². The van der Waals surface area contributed by atoms with Crippen LogP contribution in [0.3, 0.4) is 0 Å². The topological polar surface area (TPSA) is 72.4 Å². The summed E-state index contributed by atoms with van der Waals surface area (Å²) in [6.45, 7) is 4.13. The molecule has 0 amide bonds. The van der Waals surface area contributed by atoms with E-state index in [2.05, 4.69) is 24.1 Å². The minimum Gasteiger partial charge on any atom is -0.402 e. The maximum absolute atomic E-state index is 12.8. The summed E-state index contributed by atoms with van der Waals surface area (Å²) >= 11 is 0. The molecule has 0 radical (unpaired) electrons. The number of fused-ring (bicyclic) bond motifs is 1. The Kier molecular flexibility index (Phi) is 6.10. The first kappa shape index (κ1) is 24.0. The summed E-state index contributed by atoms with van der Waals surface area (Å²) in [5.74, 6) is 2.05. The first-order chi connectivity index (χ1) is 17.3. The molecule has 6 rings (SSSR count). The maximum atomic E-state index is 12.8. The molecule has 3 saturated carbocycles. The standard InChI is InChI=1S/C25H32F4N6O/c26-3-4-33-5-7-34(8-6-33)17-11-18-19(12-17)23(18)35-14-20(32-22(35)9-15-1-2-15)16-10-21(24(30)31-13-16)36-25(27,28)29/h10,13-15,17-19,23H,1-9,11-12H2,(H2,30,31)/t17?,18-,19+,23?. The minimum absolute atomic E-state index is 0.283. The van der Waals surface area contributed by atoms with Gasteiger partial charge in [0.15, 0.2) is 11.6 Å². The summed E-state index contributed by atoms with van der Waals surface area (Å²) < 4.78 is 57.4. The number of alkyl halides is 4. The number of hydrogen-bond donors (Lipinski definition) is 1. The highest BCUT2D eigenvalue weighted by molar-refractivity contribution is 5.64. The van der Waals surface area contributed by atoms with Crippen molar-refractivity contribution in [1.82, 2.24) is 24.3 Å². The van der Waals surface area contributed by atoms with Gasteiger partial charge in [-0.25, -0.2) is 14.4 Å². The zero-order valence-electron chi connectivity index (χ0n) is 20.1. The Morgan fingerprint density at radius 3 is 2.44 bits per heavy atom. The van der Waals surface area contributed by atoms with Gasteiger partial charge in [-0.3, -0.25) is 9.80 Å². The molecule has 1 saturated heterocycles. The highest BCUT2D eigenvalue weighted by Crippen LogP contribution is 2.62. The number of hydrogen-bond acceptors (Lipinski definition) is 6. The van der Waals surface area contributed by atoms with Gasteiger partial charge in [-0.15, -0.1) is 13.2 Å². The second kappa shape index (κ2) is 9.16. The third-order valence-corrected chi connectivity index (χ3v) is 8.40. The zero-order chi connectivity index (χ0) is 25.0. The third-order valence-electron chi connectivity index (χ3n) is 8.40. The van der Waals surface area contributed by atoms with Crippen LogP contribution in [0.25, 0.3) is 11.3 Å². The molecule has 36 heavy (non-hydrogen) atoms. The Morgan fingerprint density at radius 2 is 1.81 bits per heavy atom. The van der Waals surface area contributed by atoms with E-state index >= 15 is 0 Å². The zero-order valence-corrected chi connectivity index (χ0v) is 20.1. The van der Waals surface area contributed by atoms with Gasteiger partial charge in [0.05, 0.1) is 5.69 Å². The van der Waals surface area contributed by atoms with E-state index in [0.717, 1.165) is 51.3 Å². The first-order valence-corrected chi connectivity index (χ1v) is 12.9. The largest absolute Gasteiger partial charge is 0.573 e. The fourth-order valence-electron chi connectivity index (χ4n) is 6.32. The van der Waals surface area contributed by atoms with Crippen molar-refractivity contribution in [3.8, 4) is 17.0 Å². The van der Waals surface area contributed by atoms with Gasteiger partial charge in [0.1, 0.15) is 12.5 Å². The molecule has 0 spiro atoms. The Bertz CT molecular complexity index is 1080. The van der Waals surface area contributed by atoms with Gasteiger partial charge >= 0.3 is 6.36 Å². The van der Waals surface area contributed by atoms with Crippen LogP contribution in [0.4, 0.5) is 23.4 Å². The molecule has 7 nitrogen and oxygen atoms in total. The molecule has 0 aromatic carbocycles. The van der Waals surface area contributed by atoms with Crippen LogP contribution in [0.15, 0.2) is 18.5 Å². The molecule has 11 heteroatoms. The van der Waals surface area contributed by atoms with Crippen LogP contribution in [-0.4, -0.2) is 76.1 Å². The van der Waals surface area contributed by atoms with Crippen LogP contribution in [0.2, 0.25) is 0 Å². The quantitative estimate of drug-likeness (QED) is 0.545. The lowest BCUT2D eigenvalue weighted by atomic mass is 10.1. The highest BCUT2D eigenvalue weighted by atomic mass is 19.4. The smallest absolute Gasteiger partial charge is 0.402 e. The molecule has 3 heterocycles. The lowest BCUT2D eigenvalue weighted by molar-refractivity contribution is -0.274. The van der Waals surface area contributed by atoms with Gasteiger partial charge < -0.3 is 15.0 Å². The lowest BCUT2D eigenvalue weighted by Crippen LogP contribution is -2.50. The second-order valence-corrected chi connectivity index (χ2v) is 10.8. The number of nitrogen functional groups attached to an aromatic ring is 1. The Balaban J connectivity index is 1.17. The van der Waals surface area contributed by atoms with Crippen LogP contribution in [0.1, 0.15) is 37.5 Å². The molecule has 2 unspecified atom stereocenters. The van der Waals surface area contributed by atoms with Crippen LogP contribution in [0, 0.1) is 17.8 Å². The van der Waals surface area contributed by atoms with E-state index in [-0.39, 0.29) is 12.5 Å². The fraction of sp³-hybridized carbons (Fsp3) is 0.680. The molecule has 4 fully saturated rings. The number of aromatic nitrogens is 3. The van der Waals surface area contributed by atoms with E-state index < -0.39 is 12.1 Å². The summed E-state index contributed by atoms with van der Waals surface area (Å²) in [4.78, 5) is 13.5. The Labute approximate surface area is 207 Å². The van der Waals surface area contributed by atoms with Crippen molar-refractivity contribution in [2.75, 3.05) is 45.1 Å². The third kappa shape index (κ3) is 4.91. The number of pyridine rings is 1. The number of imidazole rings is 1. The number of ether oxygens (including phenoxy) is 1. The molecule has 196 valence electrons. The van der Waals surface area contributed by atoms with Crippen LogP contribution < -0.4 is 10.5 Å². The molecule has 3 aliphatic carbocycles. The lowest BCUT2D eigenvalue weighted by Gasteiger charge is -2.38. The maximum Gasteiger partial charge on any atom is 0.573 e. The summed E-state index contributed by atoms with van der Waals surface area (Å²) in [6, 6.07) is 2.26. The molecule has 4 aliphatic rings. The van der Waals surface area contributed by atoms with E-state index in [1.54, 1.807) is 0 Å². The predicted octanol–water partition coefficient (Wildman–Crippen LogP) is 3.92. The Morgan fingerprint density at radius 1 is 1.08 bits per heavy atom. The van der Waals surface area contributed by atoms with Crippen molar-refractivity contribution in [1.29, 1.82) is 0 Å². The summed E-state index contributed by atoms with van der Waals surface area (Å²) in [5, 5.41) is 0. The normalized spacial score (nSPS) is 28.9. The highest BCUT2D eigenvalue weighted by Gasteiger charge is 2.58. The fourth-order valence-corrected chi connectivity index (χ4v) is 6.32. The molecule has 2 N–H and O–H groups in total. The summed E-state index contributed by atoms with van der Waals surface area (Å²) in [6.07, 6.45) is 4.20. The summed E-state index contributed by atoms with van der Waals surface area (Å²) in [5.41, 5.74) is 6.69. The van der Waals surface area contributed by atoms with Crippen molar-refractivity contribution in [3.05, 3.63) is 24.3 Å². The van der Waals surface area contributed by atoms with E-state index in [0.29, 0.717) is 47.6 Å². The summed E-state index contributed by atoms with van der Waals surface area (Å²) in [7, 11) is 0. The molecule has 2 aromatic rings. The van der Waals surface area contributed by atoms with Crippen LogP contribution in [-0.2, 0) is 6.42 Å². The van der Waals surface area contributed by atoms with Crippen molar-refractivity contribution in [3.63, 3.8) is 0 Å². The number of nitrogens with zero attached hydrogens (tertiary/aromatic N) is 5. The van der Waals surface area contributed by atoms with E-state index in [1.807, 2.05) is 6.20 Å². The molecular weight excluding hydrogens is 476 g/mol. The number of nitrogens with two attached hydrogens (primary N) is 1. The van der Waals surface area contributed by atoms with Gasteiger partial charge in [-0.05, 0) is 49.5 Å². The number of piperazine rings is 1. The number of anilines is 1. The Hall–Kier alpha value is -2.40. The number of halogens is 4. The first-order valence-electron chi connectivity index (χ1n) is 12.9. The predicted molar refractivity (Wildman–Crippen MR) is 126 cm³/mol. The molecule has 2 aromatic heterocycles. The minimum atomic E-state index is -4.84. The molecule has 0 bridgehead atoms. The van der Waals surface area contributed by atoms with Crippen molar-refractivity contribution < 1.29 is 22.3 Å². The van der Waals surface area contributed by atoms with E-state index in [9.17, 15) is 17.6 Å². The molecule has 1 aliphatic heterocycles. The number of rotatable bonds is 8. The monoisotopic (exact) mass is 508 g/mol. The van der Waals surface area contributed by atoms with Gasteiger partial charge in [-0.1, -0.05) is 0 Å². The van der Waals surface area contributed by atoms with Crippen molar-refractivity contribution in [2.24, 2.45) is 17.8 Å². The van der Waals surface area contributed by atoms with Crippen LogP contribution >= 0.6 is 0 Å². The van der Waals surface area contributed by atoms with Crippen molar-refractivity contribution >= 4 is 5.82 Å². The van der Waals surface area contributed by atoms with Gasteiger partial charge in [0.2, 0.25) is 0 Å². The van der Waals surface area contributed by atoms with Gasteiger partial charge in [0, 0.05) is 69.2 Å². The second-order valence-electron chi connectivity index (χ2n) is 10.8. The van der Waals surface area contributed by atoms with E-state index in [4.69, 9.17) is 10.7 Å². The van der Waals surface area contributed by atoms with Gasteiger partial charge in [-0.2, -0.15) is 0 Å².